The van der Waals surface area contributed by atoms with E-state index < -0.39 is 0 Å². The fraction of sp³-hybridized carbons (Fsp3) is 0.800. The van der Waals surface area contributed by atoms with E-state index in [9.17, 15) is 0 Å². The number of rotatable bonds is 6. The predicted molar refractivity (Wildman–Crippen MR) is 57.9 cm³/mol. The number of ether oxygens (including phenoxy) is 1. The van der Waals surface area contributed by atoms with Crippen molar-refractivity contribution in [1.82, 2.24) is 5.01 Å². The van der Waals surface area contributed by atoms with Crippen LogP contribution >= 0.6 is 0 Å². The Morgan fingerprint density at radius 2 is 2.50 bits per heavy atom. The van der Waals surface area contributed by atoms with Crippen molar-refractivity contribution < 1.29 is 4.74 Å². The zero-order valence-electron chi connectivity index (χ0n) is 8.99. The van der Waals surface area contributed by atoms with E-state index in [1.54, 1.807) is 0 Å². The van der Waals surface area contributed by atoms with Gasteiger partial charge in [0.1, 0.15) is 6.23 Å². The summed E-state index contributed by atoms with van der Waals surface area (Å²) >= 11 is 0. The Balaban J connectivity index is 2.02. The highest BCUT2D eigenvalue weighted by atomic mass is 16.5. The number of hydrazone groups is 1. The van der Waals surface area contributed by atoms with Crippen molar-refractivity contribution in [2.75, 3.05) is 13.7 Å². The van der Waals surface area contributed by atoms with Gasteiger partial charge < -0.3 is 10.1 Å². The minimum Gasteiger partial charge on any atom is -0.357 e. The molecule has 1 aliphatic heterocycles. The van der Waals surface area contributed by atoms with Crippen molar-refractivity contribution in [3.05, 3.63) is 0 Å². The molecule has 1 N–H and O–H groups in total. The molecule has 0 saturated carbocycles. The lowest BCUT2D eigenvalue weighted by Crippen LogP contribution is -2.26. The summed E-state index contributed by atoms with van der Waals surface area (Å²) in [5.41, 5.74) is 0.810. The third-order valence-electron chi connectivity index (χ3n) is 2.35. The molecule has 1 unspecified atom stereocenters. The van der Waals surface area contributed by atoms with Crippen LogP contribution in [0.15, 0.2) is 5.10 Å². The zero-order chi connectivity index (χ0) is 10.4. The Morgan fingerprint density at radius 3 is 3.07 bits per heavy atom. The van der Waals surface area contributed by atoms with Crippen molar-refractivity contribution in [2.24, 2.45) is 5.10 Å². The molecule has 1 rings (SSSR count). The third kappa shape index (κ3) is 3.46. The normalized spacial score (nSPS) is 20.4. The molecule has 1 heterocycles. The number of hydrogen-bond acceptors (Lipinski definition) is 4. The van der Waals surface area contributed by atoms with Crippen molar-refractivity contribution in [3.8, 4) is 0 Å². The number of hydrogen-bond donors (Lipinski definition) is 1. The quantitative estimate of drug-likeness (QED) is 0.522. The topological polar surface area (TPSA) is 48.7 Å². The van der Waals surface area contributed by atoms with Gasteiger partial charge in [-0.3, -0.25) is 5.01 Å². The van der Waals surface area contributed by atoms with Crippen LogP contribution in [0.25, 0.3) is 0 Å². The second kappa shape index (κ2) is 5.75. The van der Waals surface area contributed by atoms with Crippen molar-refractivity contribution in [3.63, 3.8) is 0 Å². The lowest BCUT2D eigenvalue weighted by Gasteiger charge is -2.19. The van der Waals surface area contributed by atoms with Gasteiger partial charge in [-0.2, -0.15) is 5.10 Å². The van der Waals surface area contributed by atoms with E-state index in [0.29, 0.717) is 0 Å². The van der Waals surface area contributed by atoms with Gasteiger partial charge in [-0.25, -0.2) is 0 Å². The lowest BCUT2D eigenvalue weighted by atomic mass is 10.2. The first-order chi connectivity index (χ1) is 6.74. The second-order valence-corrected chi connectivity index (χ2v) is 3.49. The molecule has 80 valence electrons. The molecular formula is C10H19N3O. The summed E-state index contributed by atoms with van der Waals surface area (Å²) in [6.07, 6.45) is 5.52. The van der Waals surface area contributed by atoms with E-state index in [1.165, 1.54) is 0 Å². The van der Waals surface area contributed by atoms with Crippen LogP contribution in [0.1, 0.15) is 32.6 Å². The second-order valence-electron chi connectivity index (χ2n) is 3.49. The van der Waals surface area contributed by atoms with Crippen molar-refractivity contribution >= 4 is 11.9 Å². The Morgan fingerprint density at radius 1 is 1.71 bits per heavy atom. The van der Waals surface area contributed by atoms with Gasteiger partial charge in [0.25, 0.3) is 0 Å². The molecule has 0 bridgehead atoms. The largest absolute Gasteiger partial charge is 0.357 e. The summed E-state index contributed by atoms with van der Waals surface area (Å²) in [5.74, 6) is 0. The van der Waals surface area contributed by atoms with Gasteiger partial charge >= 0.3 is 0 Å². The maximum absolute atomic E-state index is 7.47. The minimum absolute atomic E-state index is 0.116. The van der Waals surface area contributed by atoms with Gasteiger partial charge in [0.2, 0.25) is 0 Å². The average molecular weight is 197 g/mol. The van der Waals surface area contributed by atoms with Crippen LogP contribution < -0.4 is 0 Å². The molecular weight excluding hydrogens is 178 g/mol. The summed E-state index contributed by atoms with van der Waals surface area (Å²) in [4.78, 5) is 0. The fourth-order valence-electron chi connectivity index (χ4n) is 1.35. The van der Waals surface area contributed by atoms with Crippen molar-refractivity contribution in [1.29, 1.82) is 5.41 Å². The van der Waals surface area contributed by atoms with Crippen LogP contribution in [0.5, 0.6) is 0 Å². The van der Waals surface area contributed by atoms with E-state index in [2.05, 4.69) is 5.10 Å². The molecule has 0 radical (unpaired) electrons. The molecule has 1 atom stereocenters. The van der Waals surface area contributed by atoms with Crippen LogP contribution in [0.4, 0.5) is 0 Å². The van der Waals surface area contributed by atoms with E-state index in [0.717, 1.165) is 38.0 Å². The highest BCUT2D eigenvalue weighted by Gasteiger charge is 2.16. The predicted octanol–water partition coefficient (Wildman–Crippen LogP) is 1.86. The summed E-state index contributed by atoms with van der Waals surface area (Å²) in [6.45, 7) is 2.74. The van der Waals surface area contributed by atoms with Crippen LogP contribution in [0.2, 0.25) is 0 Å². The first-order valence-corrected chi connectivity index (χ1v) is 5.17. The highest BCUT2D eigenvalue weighted by Crippen LogP contribution is 2.10. The molecule has 0 aromatic carbocycles. The smallest absolute Gasteiger partial charge is 0.150 e. The maximum Gasteiger partial charge on any atom is 0.150 e. The van der Waals surface area contributed by atoms with Crippen LogP contribution in [-0.2, 0) is 4.74 Å². The zero-order valence-corrected chi connectivity index (χ0v) is 8.99. The Kier molecular flexibility index (Phi) is 4.59. The van der Waals surface area contributed by atoms with Gasteiger partial charge in [-0.15, -0.1) is 0 Å². The molecule has 1 aliphatic rings. The molecule has 4 nitrogen and oxygen atoms in total. The monoisotopic (exact) mass is 197 g/mol. The van der Waals surface area contributed by atoms with E-state index in [-0.39, 0.29) is 6.23 Å². The Labute approximate surface area is 85.4 Å². The molecule has 0 aromatic rings. The number of nitrogens with zero attached hydrogens (tertiary/aromatic N) is 2. The van der Waals surface area contributed by atoms with Crippen molar-refractivity contribution in [2.45, 2.75) is 38.8 Å². The van der Waals surface area contributed by atoms with Gasteiger partial charge in [0.05, 0.1) is 0 Å². The highest BCUT2D eigenvalue weighted by molar-refractivity contribution is 5.80. The average Bonchev–Trinajstić information content (AvgIpc) is 2.58. The Bertz CT molecular complexity index is 215. The summed E-state index contributed by atoms with van der Waals surface area (Å²) in [6, 6.07) is 0. The van der Waals surface area contributed by atoms with Crippen LogP contribution in [-0.4, -0.2) is 36.8 Å². The summed E-state index contributed by atoms with van der Waals surface area (Å²) in [5, 5.41) is 13.4. The molecule has 0 aliphatic carbocycles. The van der Waals surface area contributed by atoms with Gasteiger partial charge in [-0.1, -0.05) is 6.92 Å². The standard InChI is InChI=1S/C10H19N3O/c1-3-9(11)5-4-8-14-10-6-7-12-13(10)2/h7,10-11H,3-6,8H2,1-2H3. The molecule has 0 saturated heterocycles. The molecule has 4 heteroatoms. The van der Waals surface area contributed by atoms with Gasteiger partial charge in [0.15, 0.2) is 0 Å². The summed E-state index contributed by atoms with van der Waals surface area (Å²) in [7, 11) is 1.92. The first-order valence-electron chi connectivity index (χ1n) is 5.17. The van der Waals surface area contributed by atoms with Crippen LogP contribution in [0.3, 0.4) is 0 Å². The summed E-state index contributed by atoms with van der Waals surface area (Å²) < 4.78 is 5.61. The molecule has 14 heavy (non-hydrogen) atoms. The van der Waals surface area contributed by atoms with E-state index in [4.69, 9.17) is 10.1 Å². The number of nitrogens with one attached hydrogen (secondary N) is 1. The van der Waals surface area contributed by atoms with Gasteiger partial charge in [0, 0.05) is 32.0 Å². The third-order valence-corrected chi connectivity index (χ3v) is 2.35. The maximum atomic E-state index is 7.47. The lowest BCUT2D eigenvalue weighted by molar-refractivity contribution is -0.0316. The molecule has 0 fully saturated rings. The first kappa shape index (κ1) is 11.2. The van der Waals surface area contributed by atoms with E-state index >= 15 is 0 Å². The van der Waals surface area contributed by atoms with E-state index in [1.807, 2.05) is 25.2 Å². The molecule has 0 aromatic heterocycles. The Hall–Kier alpha value is -0.900. The minimum atomic E-state index is 0.116. The SMILES string of the molecule is CCC(=N)CCCOC1CC=NN1C. The van der Waals surface area contributed by atoms with Gasteiger partial charge in [-0.05, 0) is 19.3 Å². The molecule has 0 amide bonds. The van der Waals surface area contributed by atoms with Crippen LogP contribution in [0, 0.1) is 5.41 Å². The fourth-order valence-corrected chi connectivity index (χ4v) is 1.35. The molecule has 0 spiro atoms.